The summed E-state index contributed by atoms with van der Waals surface area (Å²) in [6.07, 6.45) is -3.43. The molecule has 1 aromatic rings. The number of nitrogens with zero attached hydrogens (tertiary/aromatic N) is 1. The van der Waals surface area contributed by atoms with Crippen LogP contribution in [-0.2, 0) is 16.0 Å². The first-order valence-electron chi connectivity index (χ1n) is 4.74. The van der Waals surface area contributed by atoms with Crippen molar-refractivity contribution in [3.05, 3.63) is 28.3 Å². The summed E-state index contributed by atoms with van der Waals surface area (Å²) in [5.74, 6) is -1.64. The van der Waals surface area contributed by atoms with Crippen molar-refractivity contribution in [3.63, 3.8) is 0 Å². The van der Waals surface area contributed by atoms with Crippen molar-refractivity contribution in [1.82, 2.24) is 4.98 Å². The Labute approximate surface area is 101 Å². The van der Waals surface area contributed by atoms with Crippen LogP contribution in [0.15, 0.2) is 6.07 Å². The summed E-state index contributed by atoms with van der Waals surface area (Å²) >= 11 is 5.40. The first-order valence-corrected chi connectivity index (χ1v) is 5.12. The molecule has 0 saturated carbocycles. The van der Waals surface area contributed by atoms with Crippen LogP contribution in [0.5, 0.6) is 0 Å². The zero-order chi connectivity index (χ0) is 13.0. The zero-order valence-electron chi connectivity index (χ0n) is 8.84. The standard InChI is InChI=1S/C10H9ClF3NO2/c1-2-17-8(16)4-7-6(12)3-5(11)9(15-7)10(13)14/h3,10H,2,4H2,1H3. The number of hydrogen-bond donors (Lipinski definition) is 0. The van der Waals surface area contributed by atoms with Gasteiger partial charge in [-0.15, -0.1) is 0 Å². The van der Waals surface area contributed by atoms with E-state index in [1.54, 1.807) is 6.92 Å². The van der Waals surface area contributed by atoms with Gasteiger partial charge in [0.25, 0.3) is 6.43 Å². The van der Waals surface area contributed by atoms with Gasteiger partial charge < -0.3 is 4.74 Å². The average Bonchev–Trinajstić information content (AvgIpc) is 2.21. The largest absolute Gasteiger partial charge is 0.466 e. The SMILES string of the molecule is CCOC(=O)Cc1nc(C(F)F)c(Cl)cc1F. The third-order valence-electron chi connectivity index (χ3n) is 1.85. The lowest BCUT2D eigenvalue weighted by atomic mass is 10.2. The van der Waals surface area contributed by atoms with Crippen LogP contribution in [0.4, 0.5) is 13.2 Å². The summed E-state index contributed by atoms with van der Waals surface area (Å²) in [5.41, 5.74) is -1.14. The highest BCUT2D eigenvalue weighted by molar-refractivity contribution is 6.31. The molecule has 0 spiro atoms. The molecule has 17 heavy (non-hydrogen) atoms. The lowest BCUT2D eigenvalue weighted by molar-refractivity contribution is -0.142. The summed E-state index contributed by atoms with van der Waals surface area (Å²) in [6, 6.07) is 0.713. The van der Waals surface area contributed by atoms with Gasteiger partial charge in [0.05, 0.1) is 23.7 Å². The molecule has 1 heterocycles. The maximum absolute atomic E-state index is 13.3. The van der Waals surface area contributed by atoms with E-state index >= 15 is 0 Å². The van der Waals surface area contributed by atoms with Crippen LogP contribution >= 0.6 is 11.6 Å². The minimum absolute atomic E-state index is 0.121. The quantitative estimate of drug-likeness (QED) is 0.788. The summed E-state index contributed by atoms with van der Waals surface area (Å²) in [4.78, 5) is 14.4. The molecular weight excluding hydrogens is 259 g/mol. The van der Waals surface area contributed by atoms with E-state index in [0.717, 1.165) is 0 Å². The van der Waals surface area contributed by atoms with E-state index in [-0.39, 0.29) is 6.61 Å². The predicted octanol–water partition coefficient (Wildman–Crippen LogP) is 2.92. The maximum Gasteiger partial charge on any atom is 0.311 e. The van der Waals surface area contributed by atoms with Crippen molar-refractivity contribution in [3.8, 4) is 0 Å². The Morgan fingerprint density at radius 3 is 2.76 bits per heavy atom. The van der Waals surface area contributed by atoms with E-state index < -0.39 is 41.0 Å². The Morgan fingerprint density at radius 2 is 2.24 bits per heavy atom. The van der Waals surface area contributed by atoms with Gasteiger partial charge in [-0.05, 0) is 13.0 Å². The van der Waals surface area contributed by atoms with E-state index in [0.29, 0.717) is 6.07 Å². The molecule has 0 atom stereocenters. The van der Waals surface area contributed by atoms with E-state index in [9.17, 15) is 18.0 Å². The molecule has 0 radical (unpaired) electrons. The Hall–Kier alpha value is -1.30. The molecule has 0 fully saturated rings. The average molecular weight is 268 g/mol. The summed E-state index contributed by atoms with van der Waals surface area (Å²) in [7, 11) is 0. The Balaban J connectivity index is 2.99. The van der Waals surface area contributed by atoms with Gasteiger partial charge in [0, 0.05) is 0 Å². The number of ether oxygens (including phenoxy) is 1. The smallest absolute Gasteiger partial charge is 0.311 e. The van der Waals surface area contributed by atoms with Crippen molar-refractivity contribution in [2.75, 3.05) is 6.61 Å². The van der Waals surface area contributed by atoms with Crippen molar-refractivity contribution < 1.29 is 22.7 Å². The number of pyridine rings is 1. The fraction of sp³-hybridized carbons (Fsp3) is 0.400. The number of esters is 1. The molecule has 3 nitrogen and oxygen atoms in total. The molecule has 1 rings (SSSR count). The second kappa shape index (κ2) is 5.86. The molecular formula is C10H9ClF3NO2. The van der Waals surface area contributed by atoms with Crippen LogP contribution in [0, 0.1) is 5.82 Å². The zero-order valence-corrected chi connectivity index (χ0v) is 9.60. The number of carbonyl (C=O) groups excluding carboxylic acids is 1. The Bertz CT molecular complexity index is 426. The Morgan fingerprint density at radius 1 is 1.59 bits per heavy atom. The van der Waals surface area contributed by atoms with Crippen LogP contribution in [0.3, 0.4) is 0 Å². The number of aromatic nitrogens is 1. The van der Waals surface area contributed by atoms with Crippen molar-refractivity contribution in [2.45, 2.75) is 19.8 Å². The van der Waals surface area contributed by atoms with E-state index in [2.05, 4.69) is 9.72 Å². The summed E-state index contributed by atoms with van der Waals surface area (Å²) in [5, 5.41) is -0.467. The van der Waals surface area contributed by atoms with Gasteiger partial charge in [-0.1, -0.05) is 11.6 Å². The molecule has 0 unspecified atom stereocenters. The summed E-state index contributed by atoms with van der Waals surface area (Å²) in [6.45, 7) is 1.70. The number of rotatable bonds is 4. The molecule has 94 valence electrons. The van der Waals surface area contributed by atoms with E-state index in [4.69, 9.17) is 11.6 Å². The van der Waals surface area contributed by atoms with Gasteiger partial charge >= 0.3 is 5.97 Å². The predicted molar refractivity (Wildman–Crippen MR) is 54.5 cm³/mol. The number of halogens is 4. The van der Waals surface area contributed by atoms with E-state index in [1.807, 2.05) is 0 Å². The topological polar surface area (TPSA) is 39.2 Å². The Kier molecular flexibility index (Phi) is 4.74. The highest BCUT2D eigenvalue weighted by Crippen LogP contribution is 2.26. The fourth-order valence-electron chi connectivity index (χ4n) is 1.15. The number of hydrogen-bond acceptors (Lipinski definition) is 3. The van der Waals surface area contributed by atoms with Crippen molar-refractivity contribution >= 4 is 17.6 Å². The van der Waals surface area contributed by atoms with Crippen molar-refractivity contribution in [2.24, 2.45) is 0 Å². The molecule has 0 aliphatic heterocycles. The number of carbonyl (C=O) groups is 1. The second-order valence-electron chi connectivity index (χ2n) is 3.07. The van der Waals surface area contributed by atoms with Gasteiger partial charge in [0.1, 0.15) is 11.5 Å². The first-order chi connectivity index (χ1) is 7.95. The van der Waals surface area contributed by atoms with Crippen molar-refractivity contribution in [1.29, 1.82) is 0 Å². The van der Waals surface area contributed by atoms with Crippen LogP contribution in [0.2, 0.25) is 5.02 Å². The lowest BCUT2D eigenvalue weighted by Crippen LogP contribution is -2.11. The molecule has 0 N–H and O–H groups in total. The van der Waals surface area contributed by atoms with Crippen LogP contribution < -0.4 is 0 Å². The number of alkyl halides is 2. The molecule has 0 aliphatic rings. The molecule has 0 aromatic carbocycles. The van der Waals surface area contributed by atoms with Gasteiger partial charge in [0.15, 0.2) is 0 Å². The van der Waals surface area contributed by atoms with Crippen LogP contribution in [-0.4, -0.2) is 17.6 Å². The van der Waals surface area contributed by atoms with Gasteiger partial charge in [0.2, 0.25) is 0 Å². The lowest BCUT2D eigenvalue weighted by Gasteiger charge is -2.07. The fourth-order valence-corrected chi connectivity index (χ4v) is 1.37. The molecule has 0 aliphatic carbocycles. The third-order valence-corrected chi connectivity index (χ3v) is 2.16. The molecule has 7 heteroatoms. The first kappa shape index (κ1) is 13.8. The molecule has 0 amide bonds. The van der Waals surface area contributed by atoms with Gasteiger partial charge in [-0.3, -0.25) is 4.79 Å². The highest BCUT2D eigenvalue weighted by Gasteiger charge is 2.19. The summed E-state index contributed by atoms with van der Waals surface area (Å²) < 4.78 is 42.7. The molecule has 0 saturated heterocycles. The molecule has 1 aromatic heterocycles. The van der Waals surface area contributed by atoms with Gasteiger partial charge in [-0.25, -0.2) is 18.2 Å². The van der Waals surface area contributed by atoms with Crippen LogP contribution in [0.1, 0.15) is 24.7 Å². The monoisotopic (exact) mass is 267 g/mol. The van der Waals surface area contributed by atoms with Crippen LogP contribution in [0.25, 0.3) is 0 Å². The van der Waals surface area contributed by atoms with Gasteiger partial charge in [-0.2, -0.15) is 0 Å². The molecule has 0 bridgehead atoms. The minimum Gasteiger partial charge on any atom is -0.466 e. The normalized spacial score (nSPS) is 10.7. The van der Waals surface area contributed by atoms with E-state index in [1.165, 1.54) is 0 Å². The highest BCUT2D eigenvalue weighted by atomic mass is 35.5. The second-order valence-corrected chi connectivity index (χ2v) is 3.47. The minimum atomic E-state index is -2.93. The third kappa shape index (κ3) is 3.59. The maximum atomic E-state index is 13.3.